The molecule has 3 unspecified atom stereocenters. The van der Waals surface area contributed by atoms with Gasteiger partial charge in [0.05, 0.1) is 25.2 Å². The van der Waals surface area contributed by atoms with Crippen LogP contribution in [0, 0.1) is 5.92 Å². The summed E-state index contributed by atoms with van der Waals surface area (Å²) in [7, 11) is 0. The molecule has 0 heterocycles. The number of carbonyl (C=O) groups excluding carboxylic acids is 1. The van der Waals surface area contributed by atoms with Crippen molar-refractivity contribution < 1.29 is 30.0 Å². The van der Waals surface area contributed by atoms with Gasteiger partial charge in [-0.2, -0.15) is 0 Å². The normalized spacial score (nSPS) is 15.0. The highest BCUT2D eigenvalue weighted by atomic mass is 16.5. The van der Waals surface area contributed by atoms with E-state index >= 15 is 0 Å². The molecular weight excluding hydrogens is 312 g/mol. The Morgan fingerprint density at radius 3 is 1.96 bits per heavy atom. The molecule has 0 aromatic heterocycles. The lowest BCUT2D eigenvalue weighted by Crippen LogP contribution is -2.28. The lowest BCUT2D eigenvalue weighted by Gasteiger charge is -2.19. The van der Waals surface area contributed by atoms with Crippen molar-refractivity contribution in [2.24, 2.45) is 5.92 Å². The summed E-state index contributed by atoms with van der Waals surface area (Å²) in [5.74, 6) is -0.976. The van der Waals surface area contributed by atoms with Crippen LogP contribution < -0.4 is 0 Å². The minimum Gasteiger partial charge on any atom is -0.463 e. The molecule has 6 nitrogen and oxygen atoms in total. The number of rotatable bonds is 16. The molecule has 0 radical (unpaired) electrons. The maximum absolute atomic E-state index is 12.0. The molecule has 0 spiro atoms. The van der Waals surface area contributed by atoms with Crippen molar-refractivity contribution in [3.05, 3.63) is 0 Å². The molecule has 144 valence electrons. The van der Waals surface area contributed by atoms with Gasteiger partial charge < -0.3 is 25.2 Å². The van der Waals surface area contributed by atoms with Crippen LogP contribution in [-0.4, -0.2) is 58.4 Å². The third-order valence-corrected chi connectivity index (χ3v) is 4.14. The summed E-state index contributed by atoms with van der Waals surface area (Å²) in [6, 6.07) is 0. The summed E-state index contributed by atoms with van der Waals surface area (Å²) in [5.41, 5.74) is 0. The summed E-state index contributed by atoms with van der Waals surface area (Å²) in [4.78, 5) is 12.0. The highest BCUT2D eigenvalue weighted by Crippen LogP contribution is 2.19. The fourth-order valence-electron chi connectivity index (χ4n) is 2.61. The van der Waals surface area contributed by atoms with Crippen LogP contribution >= 0.6 is 0 Å². The van der Waals surface area contributed by atoms with Gasteiger partial charge in [0.1, 0.15) is 12.7 Å². The predicted octanol–water partition coefficient (Wildman–Crippen LogP) is 1.77. The van der Waals surface area contributed by atoms with Crippen molar-refractivity contribution in [2.75, 3.05) is 19.8 Å². The molecule has 3 atom stereocenters. The molecule has 0 aliphatic rings. The summed E-state index contributed by atoms with van der Waals surface area (Å²) < 4.78 is 4.98. The molecule has 6 heteroatoms. The van der Waals surface area contributed by atoms with E-state index in [9.17, 15) is 15.0 Å². The first kappa shape index (κ1) is 23.3. The Kier molecular flexibility index (Phi) is 15.4. The fraction of sp³-hybridized carbons (Fsp3) is 0.944. The number of unbranched alkanes of at least 4 members (excludes halogenated alkanes) is 7. The van der Waals surface area contributed by atoms with E-state index < -0.39 is 30.7 Å². The van der Waals surface area contributed by atoms with Gasteiger partial charge in [-0.05, 0) is 12.8 Å². The van der Waals surface area contributed by atoms with Crippen LogP contribution in [-0.2, 0) is 9.53 Å². The monoisotopic (exact) mass is 348 g/mol. The van der Waals surface area contributed by atoms with Crippen LogP contribution in [0.4, 0.5) is 0 Å². The summed E-state index contributed by atoms with van der Waals surface area (Å²) in [5, 5.41) is 36.5. The Labute approximate surface area is 145 Å². The number of hydrogen-bond acceptors (Lipinski definition) is 6. The van der Waals surface area contributed by atoms with Crippen molar-refractivity contribution in [1.29, 1.82) is 0 Å². The molecule has 0 aromatic carbocycles. The predicted molar refractivity (Wildman–Crippen MR) is 92.5 cm³/mol. The minimum absolute atomic E-state index is 0.154. The summed E-state index contributed by atoms with van der Waals surface area (Å²) in [6.45, 7) is 1.09. The summed E-state index contributed by atoms with van der Waals surface area (Å²) in [6.07, 6.45) is 8.02. The molecule has 0 fully saturated rings. The van der Waals surface area contributed by atoms with Crippen molar-refractivity contribution >= 4 is 5.97 Å². The van der Waals surface area contributed by atoms with Crippen molar-refractivity contribution in [3.63, 3.8) is 0 Å². The maximum Gasteiger partial charge on any atom is 0.309 e. The van der Waals surface area contributed by atoms with Gasteiger partial charge in [-0.15, -0.1) is 0 Å². The Morgan fingerprint density at radius 1 is 0.875 bits per heavy atom. The number of aliphatic hydroxyl groups excluding tert-OH is 4. The molecule has 0 bridgehead atoms. The van der Waals surface area contributed by atoms with E-state index in [2.05, 4.69) is 6.92 Å². The van der Waals surface area contributed by atoms with Crippen LogP contribution in [0.2, 0.25) is 0 Å². The first-order chi connectivity index (χ1) is 11.5. The van der Waals surface area contributed by atoms with Gasteiger partial charge in [0.25, 0.3) is 0 Å². The van der Waals surface area contributed by atoms with Gasteiger partial charge in [-0.25, -0.2) is 0 Å². The smallest absolute Gasteiger partial charge is 0.309 e. The first-order valence-electron chi connectivity index (χ1n) is 9.29. The van der Waals surface area contributed by atoms with Gasteiger partial charge in [0, 0.05) is 0 Å². The second-order valence-corrected chi connectivity index (χ2v) is 6.50. The van der Waals surface area contributed by atoms with Crippen molar-refractivity contribution in [3.8, 4) is 0 Å². The zero-order valence-corrected chi connectivity index (χ0v) is 15.0. The minimum atomic E-state index is -1.08. The van der Waals surface area contributed by atoms with Gasteiger partial charge in [0.2, 0.25) is 0 Å². The topological polar surface area (TPSA) is 107 Å². The van der Waals surface area contributed by atoms with Crippen LogP contribution in [0.25, 0.3) is 0 Å². The Hall–Kier alpha value is -0.690. The van der Waals surface area contributed by atoms with E-state index in [1.807, 2.05) is 0 Å². The van der Waals surface area contributed by atoms with E-state index in [1.165, 1.54) is 32.1 Å². The molecule has 0 aromatic rings. The van der Waals surface area contributed by atoms with Gasteiger partial charge in [-0.3, -0.25) is 4.79 Å². The highest BCUT2D eigenvalue weighted by Gasteiger charge is 2.23. The van der Waals surface area contributed by atoms with E-state index in [0.29, 0.717) is 6.42 Å². The quantitative estimate of drug-likeness (QED) is 0.250. The molecule has 0 amide bonds. The zero-order chi connectivity index (χ0) is 18.2. The van der Waals surface area contributed by atoms with Crippen molar-refractivity contribution in [2.45, 2.75) is 83.3 Å². The SMILES string of the molecule is CCCCCCCCCCC(CC(O)CO)C(=O)OCC(O)CO. The van der Waals surface area contributed by atoms with Crippen molar-refractivity contribution in [1.82, 2.24) is 0 Å². The largest absolute Gasteiger partial charge is 0.463 e. The maximum atomic E-state index is 12.0. The van der Waals surface area contributed by atoms with Crippen LogP contribution in [0.15, 0.2) is 0 Å². The lowest BCUT2D eigenvalue weighted by molar-refractivity contribution is -0.153. The van der Waals surface area contributed by atoms with Gasteiger partial charge in [-0.1, -0.05) is 58.3 Å². The second kappa shape index (κ2) is 15.8. The van der Waals surface area contributed by atoms with E-state index in [0.717, 1.165) is 19.3 Å². The number of aliphatic hydroxyl groups is 4. The van der Waals surface area contributed by atoms with Gasteiger partial charge >= 0.3 is 5.97 Å². The molecule has 0 aliphatic heterocycles. The van der Waals surface area contributed by atoms with Crippen LogP contribution in [0.1, 0.15) is 71.1 Å². The standard InChI is InChI=1S/C18H36O6/c1-2-3-4-5-6-7-8-9-10-15(11-16(21)12-19)18(23)24-14-17(22)13-20/h15-17,19-22H,2-14H2,1H3. The number of ether oxygens (including phenoxy) is 1. The number of esters is 1. The third-order valence-electron chi connectivity index (χ3n) is 4.14. The number of hydrogen-bond donors (Lipinski definition) is 4. The second-order valence-electron chi connectivity index (χ2n) is 6.50. The van der Waals surface area contributed by atoms with Gasteiger partial charge in [0.15, 0.2) is 0 Å². The first-order valence-corrected chi connectivity index (χ1v) is 9.29. The Morgan fingerprint density at radius 2 is 1.42 bits per heavy atom. The molecule has 0 rings (SSSR count). The molecule has 0 saturated carbocycles. The zero-order valence-electron chi connectivity index (χ0n) is 15.0. The van der Waals surface area contributed by atoms with E-state index in [-0.39, 0.29) is 19.6 Å². The average molecular weight is 348 g/mol. The summed E-state index contributed by atoms with van der Waals surface area (Å²) >= 11 is 0. The molecule has 0 aliphatic carbocycles. The molecule has 4 N–H and O–H groups in total. The lowest BCUT2D eigenvalue weighted by atomic mass is 9.94. The Bertz CT molecular complexity index is 297. The van der Waals surface area contributed by atoms with Crippen LogP contribution in [0.5, 0.6) is 0 Å². The molecule has 24 heavy (non-hydrogen) atoms. The highest BCUT2D eigenvalue weighted by molar-refractivity contribution is 5.72. The fourth-order valence-corrected chi connectivity index (χ4v) is 2.61. The molecular formula is C18H36O6. The van der Waals surface area contributed by atoms with E-state index in [4.69, 9.17) is 14.9 Å². The Balaban J connectivity index is 4.05. The third kappa shape index (κ3) is 12.7. The molecule has 0 saturated heterocycles. The van der Waals surface area contributed by atoms with E-state index in [1.54, 1.807) is 0 Å². The average Bonchev–Trinajstić information content (AvgIpc) is 2.60. The van der Waals surface area contributed by atoms with Crippen LogP contribution in [0.3, 0.4) is 0 Å². The number of carbonyl (C=O) groups is 1.